The lowest BCUT2D eigenvalue weighted by Crippen LogP contribution is -2.48. The monoisotopic (exact) mass is 415 g/mol. The predicted octanol–water partition coefficient (Wildman–Crippen LogP) is 3.27. The maximum atomic E-state index is 12.8. The quantitative estimate of drug-likeness (QED) is 0.710. The molecule has 0 aliphatic carbocycles. The molecule has 1 N–H and O–H groups in total. The zero-order valence-corrected chi connectivity index (χ0v) is 16.8. The molecule has 28 heavy (non-hydrogen) atoms. The van der Waals surface area contributed by atoms with Crippen LogP contribution < -0.4 is 10.2 Å². The maximum absolute atomic E-state index is 12.8. The SMILES string of the molecule is CC(=O)Nc1cc(C(=O)N2CCN(c3nc4ccc(Cl)cc4s3)CC2)ccn1. The lowest BCUT2D eigenvalue weighted by molar-refractivity contribution is -0.114. The Morgan fingerprint density at radius 1 is 1.14 bits per heavy atom. The fourth-order valence-corrected chi connectivity index (χ4v) is 4.41. The number of thiazole rings is 1. The van der Waals surface area contributed by atoms with E-state index in [0.29, 0.717) is 42.6 Å². The molecule has 0 bridgehead atoms. The van der Waals surface area contributed by atoms with Crippen molar-refractivity contribution in [2.75, 3.05) is 36.4 Å². The molecule has 1 aromatic carbocycles. The molecule has 0 spiro atoms. The second-order valence-electron chi connectivity index (χ2n) is 6.50. The van der Waals surface area contributed by atoms with Crippen LogP contribution in [0, 0.1) is 0 Å². The lowest BCUT2D eigenvalue weighted by atomic mass is 10.2. The van der Waals surface area contributed by atoms with E-state index in [-0.39, 0.29) is 11.8 Å². The Kier molecular flexibility index (Phi) is 5.15. The van der Waals surface area contributed by atoms with Crippen LogP contribution in [-0.4, -0.2) is 52.9 Å². The van der Waals surface area contributed by atoms with Crippen molar-refractivity contribution in [3.63, 3.8) is 0 Å². The highest BCUT2D eigenvalue weighted by Gasteiger charge is 2.24. The number of anilines is 2. The minimum absolute atomic E-state index is 0.0651. The first kappa shape index (κ1) is 18.6. The van der Waals surface area contributed by atoms with Crippen LogP contribution in [0.3, 0.4) is 0 Å². The van der Waals surface area contributed by atoms with Crippen LogP contribution >= 0.6 is 22.9 Å². The summed E-state index contributed by atoms with van der Waals surface area (Å²) >= 11 is 7.67. The van der Waals surface area contributed by atoms with Gasteiger partial charge in [0.05, 0.1) is 10.2 Å². The number of pyridine rings is 1. The van der Waals surface area contributed by atoms with E-state index < -0.39 is 0 Å². The molecule has 2 aromatic heterocycles. The normalized spacial score (nSPS) is 14.4. The first-order valence-corrected chi connectivity index (χ1v) is 10.0. The van der Waals surface area contributed by atoms with Gasteiger partial charge in [0.1, 0.15) is 5.82 Å². The average molecular weight is 416 g/mol. The van der Waals surface area contributed by atoms with Crippen molar-refractivity contribution < 1.29 is 9.59 Å². The molecular formula is C19H18ClN5O2S. The molecule has 3 aromatic rings. The van der Waals surface area contributed by atoms with Crippen LogP contribution in [0.1, 0.15) is 17.3 Å². The summed E-state index contributed by atoms with van der Waals surface area (Å²) < 4.78 is 1.06. The van der Waals surface area contributed by atoms with Crippen molar-refractivity contribution in [3.05, 3.63) is 47.1 Å². The van der Waals surface area contributed by atoms with Crippen LogP contribution in [-0.2, 0) is 4.79 Å². The van der Waals surface area contributed by atoms with Crippen molar-refractivity contribution >= 4 is 55.9 Å². The molecule has 0 saturated carbocycles. The summed E-state index contributed by atoms with van der Waals surface area (Å²) in [5, 5.41) is 4.25. The minimum Gasteiger partial charge on any atom is -0.345 e. The zero-order valence-electron chi connectivity index (χ0n) is 15.2. The highest BCUT2D eigenvalue weighted by molar-refractivity contribution is 7.22. The largest absolute Gasteiger partial charge is 0.345 e. The maximum Gasteiger partial charge on any atom is 0.254 e. The van der Waals surface area contributed by atoms with Gasteiger partial charge >= 0.3 is 0 Å². The van der Waals surface area contributed by atoms with E-state index in [4.69, 9.17) is 11.6 Å². The summed E-state index contributed by atoms with van der Waals surface area (Å²) in [7, 11) is 0. The van der Waals surface area contributed by atoms with Crippen LogP contribution in [0.4, 0.5) is 10.9 Å². The molecule has 1 aliphatic heterocycles. The number of hydrogen-bond donors (Lipinski definition) is 1. The third kappa shape index (κ3) is 3.93. The van der Waals surface area contributed by atoms with Gasteiger partial charge in [-0.05, 0) is 30.3 Å². The zero-order chi connectivity index (χ0) is 19.7. The van der Waals surface area contributed by atoms with E-state index in [2.05, 4.69) is 20.2 Å². The fraction of sp³-hybridized carbons (Fsp3) is 0.263. The Labute approximate surface area is 170 Å². The van der Waals surface area contributed by atoms with E-state index in [1.54, 1.807) is 23.5 Å². The number of nitrogens with one attached hydrogen (secondary N) is 1. The third-order valence-corrected chi connectivity index (χ3v) is 5.80. The van der Waals surface area contributed by atoms with E-state index in [1.807, 2.05) is 23.1 Å². The Bertz CT molecular complexity index is 1050. The average Bonchev–Trinajstić information content (AvgIpc) is 3.10. The molecule has 9 heteroatoms. The van der Waals surface area contributed by atoms with Crippen LogP contribution in [0.15, 0.2) is 36.5 Å². The third-order valence-electron chi connectivity index (χ3n) is 4.49. The van der Waals surface area contributed by atoms with E-state index in [9.17, 15) is 9.59 Å². The van der Waals surface area contributed by atoms with Gasteiger partial charge in [0, 0.05) is 49.9 Å². The Morgan fingerprint density at radius 3 is 2.68 bits per heavy atom. The van der Waals surface area contributed by atoms with Crippen molar-refractivity contribution in [3.8, 4) is 0 Å². The Hall–Kier alpha value is -2.71. The number of hydrogen-bond acceptors (Lipinski definition) is 6. The first-order chi connectivity index (χ1) is 13.5. The van der Waals surface area contributed by atoms with E-state index in [1.165, 1.54) is 13.1 Å². The molecule has 1 saturated heterocycles. The second kappa shape index (κ2) is 7.73. The van der Waals surface area contributed by atoms with Crippen LogP contribution in [0.2, 0.25) is 5.02 Å². The molecule has 0 radical (unpaired) electrons. The molecule has 3 heterocycles. The fourth-order valence-electron chi connectivity index (χ4n) is 3.12. The van der Waals surface area contributed by atoms with Gasteiger partial charge in [0.2, 0.25) is 5.91 Å². The van der Waals surface area contributed by atoms with Crippen molar-refractivity contribution in [1.82, 2.24) is 14.9 Å². The number of carbonyl (C=O) groups is 2. The summed E-state index contributed by atoms with van der Waals surface area (Å²) in [4.78, 5) is 36.7. The number of piperazine rings is 1. The van der Waals surface area contributed by atoms with Gasteiger partial charge in [-0.3, -0.25) is 9.59 Å². The molecule has 0 unspecified atom stereocenters. The number of benzene rings is 1. The standard InChI is InChI=1S/C19H18ClN5O2S/c1-12(26)22-17-10-13(4-5-21-17)18(27)24-6-8-25(9-7-24)19-23-15-3-2-14(20)11-16(15)28-19/h2-5,10-11H,6-9H2,1H3,(H,21,22,26). The van der Waals surface area contributed by atoms with E-state index in [0.717, 1.165) is 15.3 Å². The number of carbonyl (C=O) groups excluding carboxylic acids is 2. The number of halogens is 1. The van der Waals surface area contributed by atoms with Gasteiger partial charge < -0.3 is 15.1 Å². The lowest BCUT2D eigenvalue weighted by Gasteiger charge is -2.34. The van der Waals surface area contributed by atoms with Crippen molar-refractivity contribution in [2.45, 2.75) is 6.92 Å². The summed E-state index contributed by atoms with van der Waals surface area (Å²) in [5.41, 5.74) is 1.45. The molecule has 0 atom stereocenters. The number of amides is 2. The van der Waals surface area contributed by atoms with Gasteiger partial charge in [-0.2, -0.15) is 0 Å². The first-order valence-electron chi connectivity index (χ1n) is 8.83. The molecule has 1 aliphatic rings. The number of fused-ring (bicyclic) bond motifs is 1. The smallest absolute Gasteiger partial charge is 0.254 e. The molecule has 7 nitrogen and oxygen atoms in total. The van der Waals surface area contributed by atoms with Crippen molar-refractivity contribution in [1.29, 1.82) is 0 Å². The molecule has 4 rings (SSSR count). The van der Waals surface area contributed by atoms with Gasteiger partial charge in [-0.1, -0.05) is 22.9 Å². The second-order valence-corrected chi connectivity index (χ2v) is 7.94. The topological polar surface area (TPSA) is 78.4 Å². The minimum atomic E-state index is -0.220. The number of rotatable bonds is 3. The molecule has 2 amide bonds. The summed E-state index contributed by atoms with van der Waals surface area (Å²) in [6.45, 7) is 4.04. The van der Waals surface area contributed by atoms with Gasteiger partial charge in [0.15, 0.2) is 5.13 Å². The van der Waals surface area contributed by atoms with Crippen molar-refractivity contribution in [2.24, 2.45) is 0 Å². The molecular weight excluding hydrogens is 398 g/mol. The van der Waals surface area contributed by atoms with Gasteiger partial charge in [0.25, 0.3) is 5.91 Å². The summed E-state index contributed by atoms with van der Waals surface area (Å²) in [5.74, 6) is 0.0951. The van der Waals surface area contributed by atoms with E-state index >= 15 is 0 Å². The summed E-state index contributed by atoms with van der Waals surface area (Å²) in [6, 6.07) is 8.96. The van der Waals surface area contributed by atoms with Crippen LogP contribution in [0.5, 0.6) is 0 Å². The Morgan fingerprint density at radius 2 is 1.93 bits per heavy atom. The Balaban J connectivity index is 1.43. The van der Waals surface area contributed by atoms with Crippen LogP contribution in [0.25, 0.3) is 10.2 Å². The predicted molar refractivity (Wildman–Crippen MR) is 111 cm³/mol. The number of nitrogens with zero attached hydrogens (tertiary/aromatic N) is 4. The molecule has 144 valence electrons. The number of aromatic nitrogens is 2. The summed E-state index contributed by atoms with van der Waals surface area (Å²) in [6.07, 6.45) is 1.53. The van der Waals surface area contributed by atoms with Gasteiger partial charge in [-0.15, -0.1) is 0 Å². The molecule has 1 fully saturated rings. The van der Waals surface area contributed by atoms with Gasteiger partial charge in [-0.25, -0.2) is 9.97 Å². The highest BCUT2D eigenvalue weighted by Crippen LogP contribution is 2.31. The highest BCUT2D eigenvalue weighted by atomic mass is 35.5.